The molecule has 0 fully saturated rings. The topological polar surface area (TPSA) is 52.1 Å². The van der Waals surface area contributed by atoms with E-state index in [2.05, 4.69) is 29.2 Å². The van der Waals surface area contributed by atoms with E-state index in [1.54, 1.807) is 6.20 Å². The fourth-order valence-electron chi connectivity index (χ4n) is 4.51. The zero-order valence-corrected chi connectivity index (χ0v) is 16.9. The predicted molar refractivity (Wildman–Crippen MR) is 127 cm³/mol. The molecule has 3 heterocycles. The van der Waals surface area contributed by atoms with Crippen LogP contribution in [0.15, 0.2) is 106 Å². The van der Waals surface area contributed by atoms with E-state index in [1.807, 2.05) is 66.7 Å². The van der Waals surface area contributed by atoms with Gasteiger partial charge in [0.2, 0.25) is 0 Å². The SMILES string of the molecule is c1ccc2c(c1)oc1c(-c3ccnc(-c4cccc5c4oc4ccccc45)n3)cccc12. The number of aromatic nitrogens is 2. The third-order valence-corrected chi connectivity index (χ3v) is 5.98. The molecule has 0 N–H and O–H groups in total. The van der Waals surface area contributed by atoms with Gasteiger partial charge in [-0.3, -0.25) is 0 Å². The van der Waals surface area contributed by atoms with Crippen molar-refractivity contribution >= 4 is 43.9 Å². The fraction of sp³-hybridized carbons (Fsp3) is 0. The van der Waals surface area contributed by atoms with Gasteiger partial charge in [0.1, 0.15) is 22.3 Å². The molecule has 0 bridgehead atoms. The number of hydrogen-bond acceptors (Lipinski definition) is 4. The molecule has 3 aromatic heterocycles. The molecule has 0 aliphatic heterocycles. The molecule has 7 rings (SSSR count). The molecule has 0 spiro atoms. The van der Waals surface area contributed by atoms with E-state index < -0.39 is 0 Å². The average Bonchev–Trinajstić information content (AvgIpc) is 3.42. The Morgan fingerprint density at radius 3 is 1.75 bits per heavy atom. The fourth-order valence-corrected chi connectivity index (χ4v) is 4.51. The smallest absolute Gasteiger partial charge is 0.163 e. The number of benzene rings is 4. The molecule has 32 heavy (non-hydrogen) atoms. The van der Waals surface area contributed by atoms with Crippen molar-refractivity contribution in [2.75, 3.05) is 0 Å². The Morgan fingerprint density at radius 1 is 0.500 bits per heavy atom. The summed E-state index contributed by atoms with van der Waals surface area (Å²) in [7, 11) is 0. The van der Waals surface area contributed by atoms with Crippen LogP contribution >= 0.6 is 0 Å². The number of fused-ring (bicyclic) bond motifs is 6. The summed E-state index contributed by atoms with van der Waals surface area (Å²) >= 11 is 0. The largest absolute Gasteiger partial charge is 0.455 e. The van der Waals surface area contributed by atoms with Crippen molar-refractivity contribution in [3.63, 3.8) is 0 Å². The third-order valence-electron chi connectivity index (χ3n) is 5.98. The molecule has 0 saturated heterocycles. The second-order valence-electron chi connectivity index (χ2n) is 7.83. The number of furan rings is 2. The van der Waals surface area contributed by atoms with Crippen LogP contribution in [0.3, 0.4) is 0 Å². The first-order valence-electron chi connectivity index (χ1n) is 10.5. The molecule has 150 valence electrons. The quantitative estimate of drug-likeness (QED) is 0.293. The van der Waals surface area contributed by atoms with Crippen LogP contribution in [0.25, 0.3) is 66.5 Å². The highest BCUT2D eigenvalue weighted by molar-refractivity contribution is 6.10. The molecule has 4 nitrogen and oxygen atoms in total. The van der Waals surface area contributed by atoms with Gasteiger partial charge in [-0.15, -0.1) is 0 Å². The van der Waals surface area contributed by atoms with Crippen molar-refractivity contribution in [2.24, 2.45) is 0 Å². The Labute approximate surface area is 182 Å². The van der Waals surface area contributed by atoms with Crippen LogP contribution < -0.4 is 0 Å². The van der Waals surface area contributed by atoms with Gasteiger partial charge in [-0.1, -0.05) is 60.7 Å². The molecule has 0 atom stereocenters. The second kappa shape index (κ2) is 6.53. The first-order chi connectivity index (χ1) is 15.9. The molecule has 0 aliphatic rings. The molecule has 0 radical (unpaired) electrons. The highest BCUT2D eigenvalue weighted by Crippen LogP contribution is 2.37. The van der Waals surface area contributed by atoms with E-state index in [9.17, 15) is 0 Å². The Kier molecular flexibility index (Phi) is 3.52. The molecule has 4 heteroatoms. The van der Waals surface area contributed by atoms with Crippen LogP contribution in [0.4, 0.5) is 0 Å². The van der Waals surface area contributed by atoms with Crippen LogP contribution in [0.5, 0.6) is 0 Å². The van der Waals surface area contributed by atoms with E-state index >= 15 is 0 Å². The second-order valence-corrected chi connectivity index (χ2v) is 7.83. The first-order valence-corrected chi connectivity index (χ1v) is 10.5. The zero-order chi connectivity index (χ0) is 21.1. The maximum absolute atomic E-state index is 6.21. The maximum atomic E-state index is 6.21. The minimum Gasteiger partial charge on any atom is -0.455 e. The lowest BCUT2D eigenvalue weighted by Gasteiger charge is -2.05. The molecule has 7 aromatic rings. The molecule has 0 unspecified atom stereocenters. The van der Waals surface area contributed by atoms with Crippen molar-refractivity contribution in [1.29, 1.82) is 0 Å². The van der Waals surface area contributed by atoms with Crippen molar-refractivity contribution in [3.8, 4) is 22.6 Å². The van der Waals surface area contributed by atoms with Crippen LogP contribution in [-0.2, 0) is 0 Å². The van der Waals surface area contributed by atoms with E-state index in [1.165, 1.54) is 0 Å². The maximum Gasteiger partial charge on any atom is 0.163 e. The summed E-state index contributed by atoms with van der Waals surface area (Å²) in [5, 5.41) is 4.34. The van der Waals surface area contributed by atoms with Crippen LogP contribution in [0.2, 0.25) is 0 Å². The summed E-state index contributed by atoms with van der Waals surface area (Å²) in [6.45, 7) is 0. The van der Waals surface area contributed by atoms with Gasteiger partial charge in [-0.25, -0.2) is 9.97 Å². The average molecular weight is 412 g/mol. The molecule has 4 aromatic carbocycles. The lowest BCUT2D eigenvalue weighted by atomic mass is 10.1. The van der Waals surface area contributed by atoms with Gasteiger partial charge >= 0.3 is 0 Å². The van der Waals surface area contributed by atoms with E-state index in [-0.39, 0.29) is 0 Å². The van der Waals surface area contributed by atoms with Gasteiger partial charge in [0.15, 0.2) is 5.82 Å². The van der Waals surface area contributed by atoms with Crippen LogP contribution in [-0.4, -0.2) is 9.97 Å². The van der Waals surface area contributed by atoms with Gasteiger partial charge in [0, 0.05) is 33.3 Å². The van der Waals surface area contributed by atoms with Gasteiger partial charge in [-0.05, 0) is 30.3 Å². The summed E-state index contributed by atoms with van der Waals surface area (Å²) in [4.78, 5) is 9.50. The van der Waals surface area contributed by atoms with Gasteiger partial charge in [0.25, 0.3) is 0 Å². The number of para-hydroxylation sites is 4. The van der Waals surface area contributed by atoms with E-state index in [0.29, 0.717) is 5.82 Å². The zero-order valence-electron chi connectivity index (χ0n) is 16.9. The third kappa shape index (κ3) is 2.44. The van der Waals surface area contributed by atoms with Gasteiger partial charge in [0.05, 0.1) is 11.3 Å². The molecule has 0 aliphatic carbocycles. The molecule has 0 saturated carbocycles. The Hall–Kier alpha value is -4.44. The summed E-state index contributed by atoms with van der Waals surface area (Å²) < 4.78 is 12.4. The minimum atomic E-state index is 0.625. The molecular weight excluding hydrogens is 396 g/mol. The minimum absolute atomic E-state index is 0.625. The lowest BCUT2D eigenvalue weighted by Crippen LogP contribution is -1.92. The van der Waals surface area contributed by atoms with Gasteiger partial charge < -0.3 is 8.83 Å². The summed E-state index contributed by atoms with van der Waals surface area (Å²) in [5.41, 5.74) is 5.99. The summed E-state index contributed by atoms with van der Waals surface area (Å²) in [6, 6.07) is 30.3. The van der Waals surface area contributed by atoms with Crippen molar-refractivity contribution < 1.29 is 8.83 Å². The Balaban J connectivity index is 1.45. The van der Waals surface area contributed by atoms with E-state index in [4.69, 9.17) is 13.8 Å². The van der Waals surface area contributed by atoms with Crippen molar-refractivity contribution in [3.05, 3.63) is 97.2 Å². The molecule has 0 amide bonds. The summed E-state index contributed by atoms with van der Waals surface area (Å²) in [5.74, 6) is 0.625. The highest BCUT2D eigenvalue weighted by Gasteiger charge is 2.16. The first kappa shape index (κ1) is 17.3. The van der Waals surface area contributed by atoms with Crippen LogP contribution in [0, 0.1) is 0 Å². The number of nitrogens with zero attached hydrogens (tertiary/aromatic N) is 2. The summed E-state index contributed by atoms with van der Waals surface area (Å²) in [6.07, 6.45) is 1.79. The molecular formula is C28H16N2O2. The van der Waals surface area contributed by atoms with Crippen LogP contribution in [0.1, 0.15) is 0 Å². The highest BCUT2D eigenvalue weighted by atomic mass is 16.3. The standard InChI is InChI=1S/C28H16N2O2/c1-3-13-24-17(7-1)19-9-5-11-21(26(19)31-24)23-15-16-29-28(30-23)22-12-6-10-20-18-8-2-4-14-25(18)32-27(20)22/h1-16H. The Morgan fingerprint density at radius 2 is 1.06 bits per heavy atom. The van der Waals surface area contributed by atoms with Crippen molar-refractivity contribution in [1.82, 2.24) is 9.97 Å². The van der Waals surface area contributed by atoms with Crippen molar-refractivity contribution in [2.45, 2.75) is 0 Å². The van der Waals surface area contributed by atoms with Gasteiger partial charge in [-0.2, -0.15) is 0 Å². The predicted octanol–water partition coefficient (Wildman–Crippen LogP) is 7.61. The normalized spacial score (nSPS) is 11.8. The van der Waals surface area contributed by atoms with E-state index in [0.717, 1.165) is 60.7 Å². The lowest BCUT2D eigenvalue weighted by molar-refractivity contribution is 0.669. The monoisotopic (exact) mass is 412 g/mol. The number of hydrogen-bond donors (Lipinski definition) is 0. The Bertz CT molecular complexity index is 1660. The number of rotatable bonds is 2.